The minimum absolute atomic E-state index is 0.253. The monoisotopic (exact) mass is 344 g/mol. The van der Waals surface area contributed by atoms with E-state index in [0.29, 0.717) is 30.6 Å². The normalized spacial score (nSPS) is 15.9. The average Bonchev–Trinajstić information content (AvgIpc) is 3.14. The Bertz CT molecular complexity index is 722. The van der Waals surface area contributed by atoms with E-state index in [-0.39, 0.29) is 6.79 Å². The molecule has 132 valence electrons. The Morgan fingerprint density at radius 2 is 1.80 bits per heavy atom. The summed E-state index contributed by atoms with van der Waals surface area (Å²) in [6, 6.07) is 5.50. The molecule has 0 amide bonds. The molecule has 8 nitrogen and oxygen atoms in total. The maximum Gasteiger partial charge on any atom is 0.257 e. The maximum absolute atomic E-state index is 5.79. The molecule has 1 fully saturated rings. The highest BCUT2D eigenvalue weighted by molar-refractivity contribution is 5.48. The summed E-state index contributed by atoms with van der Waals surface area (Å²) < 4.78 is 22.1. The molecule has 0 saturated carbocycles. The largest absolute Gasteiger partial charge is 0.490 e. The standard InChI is InChI=1S/C17H20N4O4/c1-2-14-15(25-12-24-14)11-13(1)22-9-10-23-17-16(19-3-4-20-17)21-7-5-18-6-8-21/h1-4,11,18H,5-10,12H2. The molecule has 1 aromatic heterocycles. The van der Waals surface area contributed by atoms with Crippen molar-refractivity contribution in [3.8, 4) is 23.1 Å². The Hall–Kier alpha value is -2.74. The first kappa shape index (κ1) is 15.8. The van der Waals surface area contributed by atoms with E-state index >= 15 is 0 Å². The van der Waals surface area contributed by atoms with Gasteiger partial charge in [-0.3, -0.25) is 0 Å². The molecule has 0 bridgehead atoms. The Morgan fingerprint density at radius 3 is 2.72 bits per heavy atom. The summed E-state index contributed by atoms with van der Waals surface area (Å²) in [4.78, 5) is 10.9. The number of hydrogen-bond donors (Lipinski definition) is 1. The fourth-order valence-electron chi connectivity index (χ4n) is 2.78. The lowest BCUT2D eigenvalue weighted by Gasteiger charge is -2.28. The van der Waals surface area contributed by atoms with Gasteiger partial charge in [0.15, 0.2) is 17.3 Å². The lowest BCUT2D eigenvalue weighted by Crippen LogP contribution is -2.44. The van der Waals surface area contributed by atoms with E-state index in [1.54, 1.807) is 12.4 Å². The van der Waals surface area contributed by atoms with Crippen LogP contribution in [-0.2, 0) is 0 Å². The first-order chi connectivity index (χ1) is 12.4. The van der Waals surface area contributed by atoms with Crippen molar-refractivity contribution >= 4 is 5.82 Å². The molecule has 2 aliphatic rings. The van der Waals surface area contributed by atoms with E-state index in [4.69, 9.17) is 18.9 Å². The number of piperazine rings is 1. The Balaban J connectivity index is 1.31. The molecule has 3 heterocycles. The molecule has 2 aromatic rings. The molecule has 0 aliphatic carbocycles. The molecule has 0 atom stereocenters. The van der Waals surface area contributed by atoms with Gasteiger partial charge < -0.3 is 29.2 Å². The maximum atomic E-state index is 5.79. The number of fused-ring (bicyclic) bond motifs is 1. The number of ether oxygens (including phenoxy) is 4. The highest BCUT2D eigenvalue weighted by Gasteiger charge is 2.17. The van der Waals surface area contributed by atoms with Crippen LogP contribution in [-0.4, -0.2) is 56.2 Å². The summed E-state index contributed by atoms with van der Waals surface area (Å²) in [5.41, 5.74) is 0. The minimum Gasteiger partial charge on any atom is -0.490 e. The van der Waals surface area contributed by atoms with Crippen LogP contribution < -0.4 is 29.2 Å². The molecular formula is C17H20N4O4. The van der Waals surface area contributed by atoms with Gasteiger partial charge in [-0.15, -0.1) is 0 Å². The molecule has 1 aromatic carbocycles. The third-order valence-corrected chi connectivity index (χ3v) is 4.00. The summed E-state index contributed by atoms with van der Waals surface area (Å²) in [6.45, 7) is 4.69. The minimum atomic E-state index is 0.253. The van der Waals surface area contributed by atoms with Gasteiger partial charge in [0.25, 0.3) is 5.88 Å². The Kier molecular flexibility index (Phi) is 4.69. The topological polar surface area (TPSA) is 78.0 Å². The Labute approximate surface area is 145 Å². The van der Waals surface area contributed by atoms with Crippen LogP contribution in [0, 0.1) is 0 Å². The van der Waals surface area contributed by atoms with Crippen LogP contribution in [0.5, 0.6) is 23.1 Å². The molecule has 1 N–H and O–H groups in total. The number of aromatic nitrogens is 2. The highest BCUT2D eigenvalue weighted by Crippen LogP contribution is 2.35. The number of benzene rings is 1. The van der Waals surface area contributed by atoms with E-state index in [1.165, 1.54) is 0 Å². The second-order valence-electron chi connectivity index (χ2n) is 5.63. The smallest absolute Gasteiger partial charge is 0.257 e. The first-order valence-corrected chi connectivity index (χ1v) is 8.32. The van der Waals surface area contributed by atoms with E-state index in [1.807, 2.05) is 18.2 Å². The van der Waals surface area contributed by atoms with Crippen molar-refractivity contribution in [2.45, 2.75) is 0 Å². The van der Waals surface area contributed by atoms with Gasteiger partial charge in [0.1, 0.15) is 19.0 Å². The molecule has 25 heavy (non-hydrogen) atoms. The average molecular weight is 344 g/mol. The highest BCUT2D eigenvalue weighted by atomic mass is 16.7. The number of nitrogens with zero attached hydrogens (tertiary/aromatic N) is 3. The lowest BCUT2D eigenvalue weighted by atomic mass is 10.3. The SMILES string of the molecule is c1cnc(N2CCNCC2)c(OCCOc2ccc3c(c2)OCO3)n1. The van der Waals surface area contributed by atoms with Crippen molar-refractivity contribution in [2.75, 3.05) is 51.1 Å². The summed E-state index contributed by atoms with van der Waals surface area (Å²) in [5.74, 6) is 3.48. The number of hydrogen-bond acceptors (Lipinski definition) is 8. The van der Waals surface area contributed by atoms with Gasteiger partial charge in [0.2, 0.25) is 6.79 Å². The second-order valence-corrected chi connectivity index (χ2v) is 5.63. The van der Waals surface area contributed by atoms with Crippen molar-refractivity contribution in [3.63, 3.8) is 0 Å². The van der Waals surface area contributed by atoms with Crippen LogP contribution in [0.2, 0.25) is 0 Å². The second kappa shape index (κ2) is 7.43. The van der Waals surface area contributed by atoms with Gasteiger partial charge in [0.05, 0.1) is 0 Å². The van der Waals surface area contributed by atoms with Crippen LogP contribution in [0.25, 0.3) is 0 Å². The molecule has 4 rings (SSSR count). The summed E-state index contributed by atoms with van der Waals surface area (Å²) in [6.07, 6.45) is 3.33. The van der Waals surface area contributed by atoms with Crippen LogP contribution in [0.4, 0.5) is 5.82 Å². The zero-order valence-corrected chi connectivity index (χ0v) is 13.8. The van der Waals surface area contributed by atoms with Crippen molar-refractivity contribution in [3.05, 3.63) is 30.6 Å². The van der Waals surface area contributed by atoms with Gasteiger partial charge in [-0.25, -0.2) is 9.97 Å². The van der Waals surface area contributed by atoms with Crippen molar-refractivity contribution in [1.29, 1.82) is 0 Å². The van der Waals surface area contributed by atoms with Crippen LogP contribution >= 0.6 is 0 Å². The lowest BCUT2D eigenvalue weighted by molar-refractivity contribution is 0.173. The number of nitrogens with one attached hydrogen (secondary N) is 1. The summed E-state index contributed by atoms with van der Waals surface area (Å²) in [7, 11) is 0. The van der Waals surface area contributed by atoms with Crippen molar-refractivity contribution in [2.24, 2.45) is 0 Å². The van der Waals surface area contributed by atoms with Gasteiger partial charge in [-0.2, -0.15) is 0 Å². The number of rotatable bonds is 6. The van der Waals surface area contributed by atoms with Crippen molar-refractivity contribution in [1.82, 2.24) is 15.3 Å². The van der Waals surface area contributed by atoms with Crippen LogP contribution in [0.15, 0.2) is 30.6 Å². The molecule has 0 unspecified atom stereocenters. The number of anilines is 1. The fourth-order valence-corrected chi connectivity index (χ4v) is 2.78. The van der Waals surface area contributed by atoms with Gasteiger partial charge in [-0.05, 0) is 12.1 Å². The van der Waals surface area contributed by atoms with Gasteiger partial charge >= 0.3 is 0 Å². The molecule has 8 heteroatoms. The fraction of sp³-hybridized carbons (Fsp3) is 0.412. The zero-order chi connectivity index (χ0) is 16.9. The zero-order valence-electron chi connectivity index (χ0n) is 13.8. The summed E-state index contributed by atoms with van der Waals surface area (Å²) >= 11 is 0. The van der Waals surface area contributed by atoms with E-state index < -0.39 is 0 Å². The molecular weight excluding hydrogens is 324 g/mol. The van der Waals surface area contributed by atoms with E-state index in [9.17, 15) is 0 Å². The van der Waals surface area contributed by atoms with Gasteiger partial charge in [-0.1, -0.05) is 0 Å². The molecule has 2 aliphatic heterocycles. The summed E-state index contributed by atoms with van der Waals surface area (Å²) in [5, 5.41) is 3.32. The quantitative estimate of drug-likeness (QED) is 0.780. The molecule has 0 radical (unpaired) electrons. The third kappa shape index (κ3) is 3.69. The molecule has 0 spiro atoms. The van der Waals surface area contributed by atoms with E-state index in [0.717, 1.165) is 37.7 Å². The predicted molar refractivity (Wildman–Crippen MR) is 90.7 cm³/mol. The Morgan fingerprint density at radius 1 is 1.00 bits per heavy atom. The predicted octanol–water partition coefficient (Wildman–Crippen LogP) is 1.07. The van der Waals surface area contributed by atoms with Crippen molar-refractivity contribution < 1.29 is 18.9 Å². The molecule has 1 saturated heterocycles. The van der Waals surface area contributed by atoms with Gasteiger partial charge in [0, 0.05) is 44.6 Å². The van der Waals surface area contributed by atoms with Crippen LogP contribution in [0.3, 0.4) is 0 Å². The van der Waals surface area contributed by atoms with Crippen LogP contribution in [0.1, 0.15) is 0 Å². The first-order valence-electron chi connectivity index (χ1n) is 8.32. The van der Waals surface area contributed by atoms with E-state index in [2.05, 4.69) is 20.2 Å². The third-order valence-electron chi connectivity index (χ3n) is 4.00.